The van der Waals surface area contributed by atoms with Crippen LogP contribution in [0.4, 0.5) is 11.4 Å². The standard InChI is InChI=1S/C20H26N2O/c1-12-8-16(9-13(2)18(12)21-5)20(23)17-10-14(3)19(22(6)7)15(4)11-17/h8-11,21H,1-7H3. The molecule has 0 saturated heterocycles. The second-order valence-electron chi connectivity index (χ2n) is 6.42. The molecule has 0 heterocycles. The largest absolute Gasteiger partial charge is 0.388 e. The fourth-order valence-electron chi connectivity index (χ4n) is 3.45. The summed E-state index contributed by atoms with van der Waals surface area (Å²) in [6.07, 6.45) is 0. The SMILES string of the molecule is CNc1c(C)cc(C(=O)c2cc(C)c(N(C)C)c(C)c2)cc1C. The lowest BCUT2D eigenvalue weighted by atomic mass is 9.95. The van der Waals surface area contributed by atoms with E-state index in [1.807, 2.05) is 59.3 Å². The van der Waals surface area contributed by atoms with E-state index in [1.165, 1.54) is 5.69 Å². The van der Waals surface area contributed by atoms with E-state index in [1.54, 1.807) is 0 Å². The van der Waals surface area contributed by atoms with Crippen LogP contribution in [0.2, 0.25) is 0 Å². The van der Waals surface area contributed by atoms with Crippen molar-refractivity contribution < 1.29 is 4.79 Å². The molecule has 0 unspecified atom stereocenters. The van der Waals surface area contributed by atoms with Crippen LogP contribution >= 0.6 is 0 Å². The molecule has 0 bridgehead atoms. The molecule has 0 aliphatic rings. The lowest BCUT2D eigenvalue weighted by Gasteiger charge is -2.20. The van der Waals surface area contributed by atoms with Gasteiger partial charge in [-0.1, -0.05) is 0 Å². The van der Waals surface area contributed by atoms with E-state index in [4.69, 9.17) is 0 Å². The third-order valence-electron chi connectivity index (χ3n) is 4.25. The van der Waals surface area contributed by atoms with Crippen LogP contribution < -0.4 is 10.2 Å². The number of carbonyl (C=O) groups is 1. The fourth-order valence-corrected chi connectivity index (χ4v) is 3.45. The zero-order chi connectivity index (χ0) is 17.3. The van der Waals surface area contributed by atoms with Crippen LogP contribution in [0.5, 0.6) is 0 Å². The number of aryl methyl sites for hydroxylation is 4. The number of anilines is 2. The number of benzene rings is 2. The molecule has 23 heavy (non-hydrogen) atoms. The number of nitrogens with zero attached hydrogens (tertiary/aromatic N) is 1. The summed E-state index contributed by atoms with van der Waals surface area (Å²) in [6, 6.07) is 7.90. The van der Waals surface area contributed by atoms with E-state index < -0.39 is 0 Å². The first kappa shape index (κ1) is 17.1. The molecule has 3 nitrogen and oxygen atoms in total. The minimum absolute atomic E-state index is 0.0790. The van der Waals surface area contributed by atoms with Gasteiger partial charge >= 0.3 is 0 Å². The van der Waals surface area contributed by atoms with Crippen LogP contribution in [0, 0.1) is 27.7 Å². The maximum atomic E-state index is 12.9. The van der Waals surface area contributed by atoms with E-state index in [-0.39, 0.29) is 5.78 Å². The summed E-state index contributed by atoms with van der Waals surface area (Å²) in [5.74, 6) is 0.0790. The van der Waals surface area contributed by atoms with Crippen molar-refractivity contribution in [1.29, 1.82) is 0 Å². The number of carbonyl (C=O) groups excluding carboxylic acids is 1. The Morgan fingerprint density at radius 3 is 1.57 bits per heavy atom. The number of nitrogens with one attached hydrogen (secondary N) is 1. The highest BCUT2D eigenvalue weighted by atomic mass is 16.1. The summed E-state index contributed by atoms with van der Waals surface area (Å²) in [7, 11) is 5.96. The molecule has 1 N–H and O–H groups in total. The Bertz CT molecular complexity index is 714. The Morgan fingerprint density at radius 1 is 0.826 bits per heavy atom. The van der Waals surface area contributed by atoms with Crippen molar-refractivity contribution in [3.05, 3.63) is 57.6 Å². The fraction of sp³-hybridized carbons (Fsp3) is 0.350. The topological polar surface area (TPSA) is 32.3 Å². The molecule has 0 spiro atoms. The third-order valence-corrected chi connectivity index (χ3v) is 4.25. The van der Waals surface area contributed by atoms with E-state index in [0.29, 0.717) is 0 Å². The van der Waals surface area contributed by atoms with Crippen LogP contribution in [-0.2, 0) is 0 Å². The molecule has 0 atom stereocenters. The van der Waals surface area contributed by atoms with Gasteiger partial charge < -0.3 is 10.2 Å². The minimum atomic E-state index is 0.0790. The van der Waals surface area contributed by atoms with Crippen molar-refractivity contribution in [2.75, 3.05) is 31.4 Å². The summed E-state index contributed by atoms with van der Waals surface area (Å²) < 4.78 is 0. The maximum absolute atomic E-state index is 12.9. The lowest BCUT2D eigenvalue weighted by Crippen LogP contribution is -2.13. The van der Waals surface area contributed by atoms with Crippen molar-refractivity contribution in [2.45, 2.75) is 27.7 Å². The second-order valence-corrected chi connectivity index (χ2v) is 6.42. The summed E-state index contributed by atoms with van der Waals surface area (Å²) >= 11 is 0. The highest BCUT2D eigenvalue weighted by molar-refractivity contribution is 6.10. The van der Waals surface area contributed by atoms with Gasteiger partial charge in [0, 0.05) is 43.6 Å². The molecule has 122 valence electrons. The van der Waals surface area contributed by atoms with Gasteiger partial charge in [0.15, 0.2) is 5.78 Å². The van der Waals surface area contributed by atoms with Gasteiger partial charge in [-0.25, -0.2) is 0 Å². The van der Waals surface area contributed by atoms with Crippen molar-refractivity contribution in [1.82, 2.24) is 0 Å². The van der Waals surface area contributed by atoms with Gasteiger partial charge in [-0.3, -0.25) is 4.79 Å². The Morgan fingerprint density at radius 2 is 1.22 bits per heavy atom. The molecule has 2 aromatic rings. The zero-order valence-corrected chi connectivity index (χ0v) is 15.2. The maximum Gasteiger partial charge on any atom is 0.193 e. The van der Waals surface area contributed by atoms with Crippen molar-refractivity contribution in [3.63, 3.8) is 0 Å². The summed E-state index contributed by atoms with van der Waals surface area (Å²) in [4.78, 5) is 15.0. The van der Waals surface area contributed by atoms with Crippen LogP contribution in [-0.4, -0.2) is 26.9 Å². The predicted octanol–water partition coefficient (Wildman–Crippen LogP) is 4.26. The smallest absolute Gasteiger partial charge is 0.193 e. The van der Waals surface area contributed by atoms with E-state index in [0.717, 1.165) is 39.1 Å². The molecule has 0 aliphatic carbocycles. The van der Waals surface area contributed by atoms with Crippen LogP contribution in [0.15, 0.2) is 24.3 Å². The van der Waals surface area contributed by atoms with Gasteiger partial charge in [-0.05, 0) is 74.2 Å². The normalized spacial score (nSPS) is 10.6. The van der Waals surface area contributed by atoms with Gasteiger partial charge in [-0.15, -0.1) is 0 Å². The number of rotatable bonds is 4. The third kappa shape index (κ3) is 3.24. The van der Waals surface area contributed by atoms with Crippen LogP contribution in [0.3, 0.4) is 0 Å². The highest BCUT2D eigenvalue weighted by Gasteiger charge is 2.15. The molecule has 0 saturated carbocycles. The number of ketones is 1. The molecule has 2 aromatic carbocycles. The molecule has 3 heteroatoms. The van der Waals surface area contributed by atoms with Crippen LogP contribution in [0.25, 0.3) is 0 Å². The summed E-state index contributed by atoms with van der Waals surface area (Å²) in [5, 5.41) is 3.19. The Kier molecular flexibility index (Phi) is 4.79. The second kappa shape index (κ2) is 6.45. The quantitative estimate of drug-likeness (QED) is 0.856. The van der Waals surface area contributed by atoms with Gasteiger partial charge in [0.1, 0.15) is 0 Å². The Balaban J connectivity index is 2.50. The van der Waals surface area contributed by atoms with Gasteiger partial charge in [0.25, 0.3) is 0 Å². The van der Waals surface area contributed by atoms with Gasteiger partial charge in [0.2, 0.25) is 0 Å². The van der Waals surface area contributed by atoms with Crippen molar-refractivity contribution >= 4 is 17.2 Å². The van der Waals surface area contributed by atoms with E-state index >= 15 is 0 Å². The molecule has 0 aliphatic heterocycles. The molecule has 2 rings (SSSR count). The summed E-state index contributed by atoms with van der Waals surface area (Å²) in [6.45, 7) is 8.17. The Hall–Kier alpha value is -2.29. The first-order valence-electron chi connectivity index (χ1n) is 7.88. The highest BCUT2D eigenvalue weighted by Crippen LogP contribution is 2.27. The van der Waals surface area contributed by atoms with Crippen molar-refractivity contribution in [3.8, 4) is 0 Å². The molecule has 0 radical (unpaired) electrons. The molecular formula is C20H26N2O. The minimum Gasteiger partial charge on any atom is -0.388 e. The zero-order valence-electron chi connectivity index (χ0n) is 15.2. The average Bonchev–Trinajstić information content (AvgIpc) is 2.44. The first-order valence-corrected chi connectivity index (χ1v) is 7.88. The van der Waals surface area contributed by atoms with Crippen molar-refractivity contribution in [2.24, 2.45) is 0 Å². The van der Waals surface area contributed by atoms with E-state index in [2.05, 4.69) is 24.1 Å². The van der Waals surface area contributed by atoms with E-state index in [9.17, 15) is 4.79 Å². The van der Waals surface area contributed by atoms with Gasteiger partial charge in [0.05, 0.1) is 0 Å². The first-order chi connectivity index (χ1) is 10.8. The lowest BCUT2D eigenvalue weighted by molar-refractivity contribution is 0.103. The Labute approximate surface area is 139 Å². The average molecular weight is 310 g/mol. The number of hydrogen-bond donors (Lipinski definition) is 1. The van der Waals surface area contributed by atoms with Gasteiger partial charge in [-0.2, -0.15) is 0 Å². The van der Waals surface area contributed by atoms with Crippen LogP contribution in [0.1, 0.15) is 38.2 Å². The summed E-state index contributed by atoms with van der Waals surface area (Å²) in [5.41, 5.74) is 8.20. The molecule has 0 amide bonds. The molecule has 0 fully saturated rings. The molecular weight excluding hydrogens is 284 g/mol. The monoisotopic (exact) mass is 310 g/mol. The molecule has 0 aromatic heterocycles. The predicted molar refractivity (Wildman–Crippen MR) is 99.1 cm³/mol. The number of hydrogen-bond acceptors (Lipinski definition) is 3.